The first-order valence-corrected chi connectivity index (χ1v) is 12.5. The van der Waals surface area contributed by atoms with Crippen LogP contribution in [-0.4, -0.2) is 15.9 Å². The van der Waals surface area contributed by atoms with Gasteiger partial charge in [0.2, 0.25) is 0 Å². The minimum Gasteiger partial charge on any atom is -0.423 e. The summed E-state index contributed by atoms with van der Waals surface area (Å²) in [5.41, 5.74) is 2.97. The number of aromatic nitrogens is 2. The summed E-state index contributed by atoms with van der Waals surface area (Å²) in [5, 5.41) is 0. The van der Waals surface area contributed by atoms with Crippen LogP contribution in [0.4, 0.5) is 4.39 Å². The van der Waals surface area contributed by atoms with Gasteiger partial charge in [-0.3, -0.25) is 0 Å². The van der Waals surface area contributed by atoms with E-state index in [1.165, 1.54) is 43.7 Å². The molecule has 0 aliphatic carbocycles. The van der Waals surface area contributed by atoms with Gasteiger partial charge in [0.15, 0.2) is 5.82 Å². The van der Waals surface area contributed by atoms with Crippen molar-refractivity contribution in [3.63, 3.8) is 0 Å². The maximum absolute atomic E-state index is 14.7. The van der Waals surface area contributed by atoms with E-state index >= 15 is 0 Å². The number of hydrogen-bond donors (Lipinski definition) is 0. The van der Waals surface area contributed by atoms with E-state index < -0.39 is 11.8 Å². The highest BCUT2D eigenvalue weighted by atomic mass is 19.1. The number of aryl methyl sites for hydroxylation is 2. The van der Waals surface area contributed by atoms with Crippen molar-refractivity contribution < 1.29 is 13.9 Å². The second-order valence-electron chi connectivity index (χ2n) is 8.76. The molecular weight excluding hydrogens is 427 g/mol. The molecule has 0 N–H and O–H groups in total. The molecule has 2 aromatic carbocycles. The standard InChI is InChI=1S/C29H35FN2O2/c1-3-5-7-8-9-10-12-23-20-31-28(32-21-23)26-18-17-25(19-27(26)30)34-29(33)24-15-13-22(14-16-24)11-6-4-2/h13-21H,3-12H2,1-2H3. The van der Waals surface area contributed by atoms with Gasteiger partial charge in [0, 0.05) is 18.5 Å². The minimum absolute atomic E-state index is 0.154. The summed E-state index contributed by atoms with van der Waals surface area (Å²) in [5.74, 6) is -0.556. The molecule has 0 bridgehead atoms. The Hall–Kier alpha value is -3.08. The van der Waals surface area contributed by atoms with E-state index in [4.69, 9.17) is 4.74 Å². The quantitative estimate of drug-likeness (QED) is 0.148. The molecule has 0 saturated heterocycles. The Balaban J connectivity index is 1.55. The van der Waals surface area contributed by atoms with Gasteiger partial charge in [-0.1, -0.05) is 64.5 Å². The molecule has 0 saturated carbocycles. The van der Waals surface area contributed by atoms with Gasteiger partial charge in [0.1, 0.15) is 11.6 Å². The molecule has 0 fully saturated rings. The highest BCUT2D eigenvalue weighted by Gasteiger charge is 2.13. The smallest absolute Gasteiger partial charge is 0.343 e. The summed E-state index contributed by atoms with van der Waals surface area (Å²) < 4.78 is 20.1. The maximum atomic E-state index is 14.7. The predicted octanol–water partition coefficient (Wildman–Crippen LogP) is 7.75. The Labute approximate surface area is 202 Å². The maximum Gasteiger partial charge on any atom is 0.343 e. The third-order valence-electron chi connectivity index (χ3n) is 5.92. The van der Waals surface area contributed by atoms with Crippen LogP contribution < -0.4 is 4.74 Å². The second-order valence-corrected chi connectivity index (χ2v) is 8.76. The van der Waals surface area contributed by atoms with Gasteiger partial charge in [0.25, 0.3) is 0 Å². The normalized spacial score (nSPS) is 10.9. The van der Waals surface area contributed by atoms with Crippen LogP contribution in [0.1, 0.15) is 86.7 Å². The summed E-state index contributed by atoms with van der Waals surface area (Å²) in [4.78, 5) is 21.1. The third-order valence-corrected chi connectivity index (χ3v) is 5.92. The van der Waals surface area contributed by atoms with E-state index in [1.54, 1.807) is 36.7 Å². The first-order chi connectivity index (χ1) is 16.6. The SMILES string of the molecule is CCCCCCCCc1cnc(-c2ccc(OC(=O)c3ccc(CCCC)cc3)cc2F)nc1. The summed E-state index contributed by atoms with van der Waals surface area (Å²) in [6.07, 6.45) is 15.1. The molecule has 0 aliphatic rings. The fraction of sp³-hybridized carbons (Fsp3) is 0.414. The summed E-state index contributed by atoms with van der Waals surface area (Å²) >= 11 is 0. The van der Waals surface area contributed by atoms with Gasteiger partial charge < -0.3 is 4.74 Å². The van der Waals surface area contributed by atoms with E-state index in [9.17, 15) is 9.18 Å². The van der Waals surface area contributed by atoms with E-state index in [1.807, 2.05) is 12.1 Å². The van der Waals surface area contributed by atoms with E-state index in [0.717, 1.165) is 37.7 Å². The molecule has 1 aromatic heterocycles. The number of carbonyl (C=O) groups is 1. The van der Waals surface area contributed by atoms with Crippen LogP contribution in [0, 0.1) is 5.82 Å². The van der Waals surface area contributed by atoms with Gasteiger partial charge in [-0.15, -0.1) is 0 Å². The molecule has 5 heteroatoms. The molecule has 0 radical (unpaired) electrons. The van der Waals surface area contributed by atoms with Gasteiger partial charge >= 0.3 is 5.97 Å². The highest BCUT2D eigenvalue weighted by Crippen LogP contribution is 2.24. The average Bonchev–Trinajstić information content (AvgIpc) is 2.86. The molecule has 0 spiro atoms. The monoisotopic (exact) mass is 462 g/mol. The van der Waals surface area contributed by atoms with E-state index in [-0.39, 0.29) is 11.3 Å². The number of hydrogen-bond acceptors (Lipinski definition) is 4. The summed E-state index contributed by atoms with van der Waals surface area (Å²) in [6, 6.07) is 11.7. The molecule has 4 nitrogen and oxygen atoms in total. The number of benzene rings is 2. The zero-order valence-corrected chi connectivity index (χ0v) is 20.4. The molecule has 1 heterocycles. The van der Waals surface area contributed by atoms with Crippen LogP contribution in [0.2, 0.25) is 0 Å². The molecule has 0 amide bonds. The average molecular weight is 463 g/mol. The number of esters is 1. The highest BCUT2D eigenvalue weighted by molar-refractivity contribution is 5.91. The lowest BCUT2D eigenvalue weighted by Gasteiger charge is -2.08. The van der Waals surface area contributed by atoms with Crippen LogP contribution in [0.25, 0.3) is 11.4 Å². The lowest BCUT2D eigenvalue weighted by Crippen LogP contribution is -2.08. The molecule has 0 unspecified atom stereocenters. The molecule has 3 aromatic rings. The largest absolute Gasteiger partial charge is 0.423 e. The number of ether oxygens (including phenoxy) is 1. The lowest BCUT2D eigenvalue weighted by molar-refractivity contribution is 0.0734. The van der Waals surface area contributed by atoms with Crippen molar-refractivity contribution in [3.05, 3.63) is 77.4 Å². The third kappa shape index (κ3) is 7.75. The zero-order valence-electron chi connectivity index (χ0n) is 20.4. The van der Waals surface area contributed by atoms with Gasteiger partial charge in [-0.25, -0.2) is 19.2 Å². The molecule has 180 valence electrons. The fourth-order valence-corrected chi connectivity index (χ4v) is 3.83. The van der Waals surface area contributed by atoms with Crippen LogP contribution >= 0.6 is 0 Å². The Bertz CT molecular complexity index is 1030. The molecule has 34 heavy (non-hydrogen) atoms. The molecule has 0 aliphatic heterocycles. The van der Waals surface area contributed by atoms with E-state index in [2.05, 4.69) is 23.8 Å². The summed E-state index contributed by atoms with van der Waals surface area (Å²) in [7, 11) is 0. The van der Waals surface area contributed by atoms with Crippen molar-refractivity contribution >= 4 is 5.97 Å². The van der Waals surface area contributed by atoms with Crippen molar-refractivity contribution in [2.45, 2.75) is 78.1 Å². The van der Waals surface area contributed by atoms with Crippen molar-refractivity contribution in [2.75, 3.05) is 0 Å². The number of carbonyl (C=O) groups excluding carboxylic acids is 1. The first-order valence-electron chi connectivity index (χ1n) is 12.5. The van der Waals surface area contributed by atoms with Crippen molar-refractivity contribution in [3.8, 4) is 17.1 Å². The Morgan fingerprint density at radius 1 is 0.794 bits per heavy atom. The van der Waals surface area contributed by atoms with Gasteiger partial charge in [-0.2, -0.15) is 0 Å². The van der Waals surface area contributed by atoms with Crippen LogP contribution in [0.5, 0.6) is 5.75 Å². The Morgan fingerprint density at radius 2 is 1.44 bits per heavy atom. The Kier molecular flexibility index (Phi) is 10.2. The predicted molar refractivity (Wildman–Crippen MR) is 135 cm³/mol. The van der Waals surface area contributed by atoms with Crippen molar-refractivity contribution in [2.24, 2.45) is 0 Å². The number of nitrogens with zero attached hydrogens (tertiary/aromatic N) is 2. The van der Waals surface area contributed by atoms with E-state index in [0.29, 0.717) is 11.4 Å². The molecule has 0 atom stereocenters. The molecule has 3 rings (SSSR count). The topological polar surface area (TPSA) is 52.1 Å². The second kappa shape index (κ2) is 13.6. The molecular formula is C29H35FN2O2. The lowest BCUT2D eigenvalue weighted by atomic mass is 10.1. The zero-order chi connectivity index (χ0) is 24.2. The van der Waals surface area contributed by atoms with Gasteiger partial charge in [0.05, 0.1) is 11.1 Å². The fourth-order valence-electron chi connectivity index (χ4n) is 3.83. The van der Waals surface area contributed by atoms with Crippen LogP contribution in [0.3, 0.4) is 0 Å². The number of rotatable bonds is 13. The Morgan fingerprint density at radius 3 is 2.12 bits per heavy atom. The number of unbranched alkanes of at least 4 members (excludes halogenated alkanes) is 6. The van der Waals surface area contributed by atoms with Crippen LogP contribution in [0.15, 0.2) is 54.9 Å². The van der Waals surface area contributed by atoms with Crippen molar-refractivity contribution in [1.29, 1.82) is 0 Å². The first kappa shape index (κ1) is 25.5. The summed E-state index contributed by atoms with van der Waals surface area (Å²) in [6.45, 7) is 4.37. The van der Waals surface area contributed by atoms with Gasteiger partial charge in [-0.05, 0) is 61.1 Å². The minimum atomic E-state index is -0.524. The number of halogens is 1. The van der Waals surface area contributed by atoms with Crippen LogP contribution in [-0.2, 0) is 12.8 Å². The van der Waals surface area contributed by atoms with Crippen molar-refractivity contribution in [1.82, 2.24) is 9.97 Å².